The van der Waals surface area contributed by atoms with Crippen molar-refractivity contribution in [1.29, 1.82) is 0 Å². The molecule has 0 saturated carbocycles. The molecule has 2 N–H and O–H groups in total. The lowest BCUT2D eigenvalue weighted by molar-refractivity contribution is 0.188. The van der Waals surface area contributed by atoms with E-state index in [0.29, 0.717) is 25.0 Å². The van der Waals surface area contributed by atoms with Crippen molar-refractivity contribution in [2.24, 2.45) is 0 Å². The van der Waals surface area contributed by atoms with Gasteiger partial charge in [-0.05, 0) is 17.0 Å². The molecule has 0 fully saturated rings. The summed E-state index contributed by atoms with van der Waals surface area (Å²) in [6.45, 7) is 5.72. The minimum Gasteiger partial charge on any atom is -0.383 e. The van der Waals surface area contributed by atoms with Crippen molar-refractivity contribution in [1.82, 2.24) is 9.55 Å². The summed E-state index contributed by atoms with van der Waals surface area (Å²) in [5.41, 5.74) is 9.39. The van der Waals surface area contributed by atoms with Crippen LogP contribution in [0.2, 0.25) is 0 Å². The number of hydrogen-bond acceptors (Lipinski definition) is 3. The summed E-state index contributed by atoms with van der Waals surface area (Å²) in [5.74, 6) is 1.07. The molecule has 0 unspecified atom stereocenters. The number of imidazole rings is 1. The molecule has 0 saturated heterocycles. The van der Waals surface area contributed by atoms with E-state index in [-0.39, 0.29) is 0 Å². The van der Waals surface area contributed by atoms with Crippen LogP contribution in [-0.2, 0) is 11.3 Å². The summed E-state index contributed by atoms with van der Waals surface area (Å²) in [6.07, 6.45) is 1.81. The first-order valence-electron chi connectivity index (χ1n) is 6.53. The summed E-state index contributed by atoms with van der Waals surface area (Å²) in [7, 11) is 1.68. The minimum atomic E-state index is 0.528. The predicted octanol–water partition coefficient (Wildman–Crippen LogP) is 2.90. The van der Waals surface area contributed by atoms with Crippen LogP contribution in [-0.4, -0.2) is 23.3 Å². The van der Waals surface area contributed by atoms with Gasteiger partial charge in [0, 0.05) is 13.7 Å². The smallest absolute Gasteiger partial charge is 0.200 e. The van der Waals surface area contributed by atoms with E-state index in [0.717, 1.165) is 11.3 Å². The molecule has 2 rings (SSSR count). The van der Waals surface area contributed by atoms with Gasteiger partial charge in [0.2, 0.25) is 5.95 Å². The van der Waals surface area contributed by atoms with Crippen molar-refractivity contribution in [3.8, 4) is 11.3 Å². The third-order valence-electron chi connectivity index (χ3n) is 3.28. The molecule has 0 aliphatic carbocycles. The highest BCUT2D eigenvalue weighted by Crippen LogP contribution is 2.24. The van der Waals surface area contributed by atoms with Gasteiger partial charge in [-0.15, -0.1) is 0 Å². The number of nitrogens with zero attached hydrogens (tertiary/aromatic N) is 2. The Morgan fingerprint density at radius 1 is 1.26 bits per heavy atom. The Balaban J connectivity index is 2.30. The molecule has 0 atom stereocenters. The lowest BCUT2D eigenvalue weighted by Gasteiger charge is -2.11. The molecule has 102 valence electrons. The van der Waals surface area contributed by atoms with Gasteiger partial charge in [0.25, 0.3) is 0 Å². The molecule has 2 aromatic rings. The number of anilines is 1. The van der Waals surface area contributed by atoms with Crippen molar-refractivity contribution < 1.29 is 4.74 Å². The maximum atomic E-state index is 5.89. The van der Waals surface area contributed by atoms with Gasteiger partial charge in [-0.2, -0.15) is 0 Å². The third-order valence-corrected chi connectivity index (χ3v) is 3.28. The lowest BCUT2D eigenvalue weighted by atomic mass is 10.0. The lowest BCUT2D eigenvalue weighted by Crippen LogP contribution is -2.09. The number of methoxy groups -OCH3 is 1. The normalized spacial score (nSPS) is 11.2. The van der Waals surface area contributed by atoms with Crippen molar-refractivity contribution >= 4 is 5.95 Å². The number of rotatable bonds is 5. The molecule has 4 heteroatoms. The standard InChI is InChI=1S/C15H21N3O/c1-11(2)12-4-6-13(7-5-12)14-10-17-15(16)18(14)8-9-19-3/h4-7,10-11H,8-9H2,1-3H3,(H2,16,17). The van der Waals surface area contributed by atoms with E-state index in [9.17, 15) is 0 Å². The summed E-state index contributed by atoms with van der Waals surface area (Å²) in [5, 5.41) is 0. The van der Waals surface area contributed by atoms with Crippen LogP contribution in [0.25, 0.3) is 11.3 Å². The zero-order valence-corrected chi connectivity index (χ0v) is 11.8. The fourth-order valence-electron chi connectivity index (χ4n) is 2.08. The molecule has 0 amide bonds. The Morgan fingerprint density at radius 2 is 1.95 bits per heavy atom. The van der Waals surface area contributed by atoms with Crippen molar-refractivity contribution in [3.05, 3.63) is 36.0 Å². The Kier molecular flexibility index (Phi) is 4.22. The van der Waals surface area contributed by atoms with Crippen LogP contribution in [0.15, 0.2) is 30.5 Å². The summed E-state index contributed by atoms with van der Waals surface area (Å²) < 4.78 is 7.09. The van der Waals surface area contributed by atoms with Gasteiger partial charge >= 0.3 is 0 Å². The van der Waals surface area contributed by atoms with E-state index >= 15 is 0 Å². The second kappa shape index (κ2) is 5.89. The number of hydrogen-bond donors (Lipinski definition) is 1. The average Bonchev–Trinajstić information content (AvgIpc) is 2.78. The van der Waals surface area contributed by atoms with Crippen molar-refractivity contribution in [2.45, 2.75) is 26.3 Å². The predicted molar refractivity (Wildman–Crippen MR) is 78.0 cm³/mol. The molecule has 1 heterocycles. The van der Waals surface area contributed by atoms with Gasteiger partial charge in [0.15, 0.2) is 0 Å². The zero-order valence-electron chi connectivity index (χ0n) is 11.8. The largest absolute Gasteiger partial charge is 0.383 e. The van der Waals surface area contributed by atoms with Crippen molar-refractivity contribution in [3.63, 3.8) is 0 Å². The van der Waals surface area contributed by atoms with Crippen LogP contribution in [0, 0.1) is 0 Å². The van der Waals surface area contributed by atoms with Gasteiger partial charge in [-0.3, -0.25) is 0 Å². The first kappa shape index (κ1) is 13.6. The maximum absolute atomic E-state index is 5.89. The van der Waals surface area contributed by atoms with Crippen molar-refractivity contribution in [2.75, 3.05) is 19.5 Å². The molecule has 0 aliphatic heterocycles. The highest BCUT2D eigenvalue weighted by molar-refractivity contribution is 5.61. The fourth-order valence-corrected chi connectivity index (χ4v) is 2.08. The molecule has 1 aromatic heterocycles. The molecule has 0 spiro atoms. The van der Waals surface area contributed by atoms with E-state index in [4.69, 9.17) is 10.5 Å². The number of ether oxygens (including phenoxy) is 1. The molecule has 4 nitrogen and oxygen atoms in total. The highest BCUT2D eigenvalue weighted by atomic mass is 16.5. The number of aromatic nitrogens is 2. The molecule has 19 heavy (non-hydrogen) atoms. The Morgan fingerprint density at radius 3 is 2.53 bits per heavy atom. The number of nitrogen functional groups attached to an aromatic ring is 1. The number of nitrogens with two attached hydrogens (primary N) is 1. The maximum Gasteiger partial charge on any atom is 0.200 e. The first-order valence-corrected chi connectivity index (χ1v) is 6.53. The molecule has 1 aromatic carbocycles. The van der Waals surface area contributed by atoms with Crippen LogP contribution in [0.5, 0.6) is 0 Å². The monoisotopic (exact) mass is 259 g/mol. The average molecular weight is 259 g/mol. The summed E-state index contributed by atoms with van der Waals surface area (Å²) in [4.78, 5) is 4.19. The van der Waals surface area contributed by atoms with Gasteiger partial charge in [-0.1, -0.05) is 38.1 Å². The van der Waals surface area contributed by atoms with E-state index < -0.39 is 0 Å². The van der Waals surface area contributed by atoms with Gasteiger partial charge < -0.3 is 15.0 Å². The van der Waals surface area contributed by atoms with Crippen LogP contribution in [0.4, 0.5) is 5.95 Å². The van der Waals surface area contributed by atoms with Crippen LogP contribution < -0.4 is 5.73 Å². The third kappa shape index (κ3) is 2.96. The van der Waals surface area contributed by atoms with Gasteiger partial charge in [0.1, 0.15) is 0 Å². The van der Waals surface area contributed by atoms with E-state index in [1.165, 1.54) is 5.56 Å². The molecular formula is C15H21N3O. The fraction of sp³-hybridized carbons (Fsp3) is 0.400. The second-order valence-electron chi connectivity index (χ2n) is 4.92. The van der Waals surface area contributed by atoms with E-state index in [2.05, 4.69) is 43.1 Å². The van der Waals surface area contributed by atoms with E-state index in [1.807, 2.05) is 10.8 Å². The number of benzene rings is 1. The quantitative estimate of drug-likeness (QED) is 0.898. The topological polar surface area (TPSA) is 53.1 Å². The van der Waals surface area contributed by atoms with Crippen LogP contribution in [0.3, 0.4) is 0 Å². The van der Waals surface area contributed by atoms with E-state index in [1.54, 1.807) is 7.11 Å². The van der Waals surface area contributed by atoms with Gasteiger partial charge in [-0.25, -0.2) is 4.98 Å². The van der Waals surface area contributed by atoms with Gasteiger partial charge in [0.05, 0.1) is 18.5 Å². The molecule has 0 radical (unpaired) electrons. The highest BCUT2D eigenvalue weighted by Gasteiger charge is 2.09. The molecule has 0 aliphatic rings. The van der Waals surface area contributed by atoms with Crippen LogP contribution >= 0.6 is 0 Å². The Hall–Kier alpha value is -1.81. The zero-order chi connectivity index (χ0) is 13.8. The second-order valence-corrected chi connectivity index (χ2v) is 4.92. The SMILES string of the molecule is COCCn1c(-c2ccc(C(C)C)cc2)cnc1N. The van der Waals surface area contributed by atoms with Crippen LogP contribution in [0.1, 0.15) is 25.3 Å². The minimum absolute atomic E-state index is 0.528. The molecule has 0 bridgehead atoms. The Bertz CT molecular complexity index is 529. The summed E-state index contributed by atoms with van der Waals surface area (Å²) in [6, 6.07) is 8.55. The Labute approximate surface area is 114 Å². The first-order chi connectivity index (χ1) is 9.13. The summed E-state index contributed by atoms with van der Waals surface area (Å²) >= 11 is 0. The molecular weight excluding hydrogens is 238 g/mol.